The first-order valence-electron chi connectivity index (χ1n) is 5.62. The Morgan fingerprint density at radius 1 is 1.47 bits per heavy atom. The third-order valence-electron chi connectivity index (χ3n) is 2.53. The number of carbonyl (C=O) groups excluding carboxylic acids is 1. The van der Waals surface area contributed by atoms with Crippen LogP contribution in [0.15, 0.2) is 12.4 Å². The molecule has 1 aromatic rings. The molecule has 1 aromatic heterocycles. The lowest BCUT2D eigenvalue weighted by Gasteiger charge is -2.13. The number of anilines is 1. The maximum Gasteiger partial charge on any atom is 0.242 e. The van der Waals surface area contributed by atoms with Crippen molar-refractivity contribution in [3.8, 4) is 5.75 Å². The SMILES string of the molecule is COc1cnc(NC(C)C(=O)NC2CC2)nc1. The summed E-state index contributed by atoms with van der Waals surface area (Å²) in [5, 5.41) is 5.85. The second-order valence-electron chi connectivity index (χ2n) is 4.10. The van der Waals surface area contributed by atoms with Crippen LogP contribution in [0.3, 0.4) is 0 Å². The van der Waals surface area contributed by atoms with Gasteiger partial charge < -0.3 is 15.4 Å². The number of hydrogen-bond acceptors (Lipinski definition) is 5. The summed E-state index contributed by atoms with van der Waals surface area (Å²) in [5.41, 5.74) is 0. The van der Waals surface area contributed by atoms with Gasteiger partial charge in [0.2, 0.25) is 11.9 Å². The van der Waals surface area contributed by atoms with Crippen LogP contribution in [0.25, 0.3) is 0 Å². The van der Waals surface area contributed by atoms with Gasteiger partial charge in [0, 0.05) is 6.04 Å². The summed E-state index contributed by atoms with van der Waals surface area (Å²) >= 11 is 0. The molecule has 1 amide bonds. The van der Waals surface area contributed by atoms with E-state index in [0.29, 0.717) is 17.7 Å². The van der Waals surface area contributed by atoms with Gasteiger partial charge in [-0.25, -0.2) is 9.97 Å². The molecule has 0 bridgehead atoms. The number of nitrogens with one attached hydrogen (secondary N) is 2. The van der Waals surface area contributed by atoms with E-state index in [1.54, 1.807) is 26.4 Å². The van der Waals surface area contributed by atoms with Crippen LogP contribution in [0.4, 0.5) is 5.95 Å². The lowest BCUT2D eigenvalue weighted by molar-refractivity contribution is -0.121. The lowest BCUT2D eigenvalue weighted by Crippen LogP contribution is -2.39. The van der Waals surface area contributed by atoms with E-state index in [1.165, 1.54) is 0 Å². The Hall–Kier alpha value is -1.85. The summed E-state index contributed by atoms with van der Waals surface area (Å²) < 4.78 is 4.95. The van der Waals surface area contributed by atoms with Crippen LogP contribution in [-0.4, -0.2) is 35.1 Å². The fourth-order valence-corrected chi connectivity index (χ4v) is 1.31. The van der Waals surface area contributed by atoms with Gasteiger partial charge in [0.25, 0.3) is 0 Å². The smallest absolute Gasteiger partial charge is 0.242 e. The van der Waals surface area contributed by atoms with Crippen molar-refractivity contribution >= 4 is 11.9 Å². The highest BCUT2D eigenvalue weighted by molar-refractivity contribution is 5.84. The van der Waals surface area contributed by atoms with E-state index in [2.05, 4.69) is 20.6 Å². The van der Waals surface area contributed by atoms with Gasteiger partial charge in [-0.1, -0.05) is 0 Å². The summed E-state index contributed by atoms with van der Waals surface area (Å²) in [6.07, 6.45) is 5.27. The quantitative estimate of drug-likeness (QED) is 0.781. The molecular formula is C11H16N4O2. The van der Waals surface area contributed by atoms with E-state index in [4.69, 9.17) is 4.74 Å². The van der Waals surface area contributed by atoms with Crippen molar-refractivity contribution in [3.63, 3.8) is 0 Å². The molecule has 2 N–H and O–H groups in total. The highest BCUT2D eigenvalue weighted by Crippen LogP contribution is 2.18. The highest BCUT2D eigenvalue weighted by Gasteiger charge is 2.25. The van der Waals surface area contributed by atoms with Gasteiger partial charge in [-0.3, -0.25) is 4.79 Å². The molecule has 92 valence electrons. The largest absolute Gasteiger partial charge is 0.494 e. The minimum absolute atomic E-state index is 0.0214. The molecule has 2 rings (SSSR count). The van der Waals surface area contributed by atoms with Crippen LogP contribution < -0.4 is 15.4 Å². The van der Waals surface area contributed by atoms with Crippen LogP contribution in [0.2, 0.25) is 0 Å². The molecule has 6 nitrogen and oxygen atoms in total. The molecule has 1 atom stereocenters. The van der Waals surface area contributed by atoms with Crippen molar-refractivity contribution < 1.29 is 9.53 Å². The first-order valence-corrected chi connectivity index (χ1v) is 5.62. The summed E-state index contributed by atoms with van der Waals surface area (Å²) in [6.45, 7) is 1.78. The standard InChI is InChI=1S/C11H16N4O2/c1-7(10(16)15-8-3-4-8)14-11-12-5-9(17-2)6-13-11/h5-8H,3-4H2,1-2H3,(H,15,16)(H,12,13,14). The van der Waals surface area contributed by atoms with Gasteiger partial charge in [-0.2, -0.15) is 0 Å². The second kappa shape index (κ2) is 4.99. The molecule has 1 aliphatic rings. The van der Waals surface area contributed by atoms with Gasteiger partial charge in [-0.05, 0) is 19.8 Å². The van der Waals surface area contributed by atoms with Crippen LogP contribution in [0, 0.1) is 0 Å². The predicted octanol–water partition coefficient (Wildman–Crippen LogP) is 0.564. The van der Waals surface area contributed by atoms with Gasteiger partial charge in [0.05, 0.1) is 19.5 Å². The van der Waals surface area contributed by atoms with E-state index in [9.17, 15) is 4.79 Å². The molecule has 1 heterocycles. The molecule has 0 aliphatic heterocycles. The Balaban J connectivity index is 1.87. The number of carbonyl (C=O) groups is 1. The van der Waals surface area contributed by atoms with Gasteiger partial charge >= 0.3 is 0 Å². The monoisotopic (exact) mass is 236 g/mol. The van der Waals surface area contributed by atoms with Crippen molar-refractivity contribution in [3.05, 3.63) is 12.4 Å². The van der Waals surface area contributed by atoms with Gasteiger partial charge in [0.1, 0.15) is 6.04 Å². The number of aromatic nitrogens is 2. The minimum Gasteiger partial charge on any atom is -0.494 e. The second-order valence-corrected chi connectivity index (χ2v) is 4.10. The summed E-state index contributed by atoms with van der Waals surface area (Å²) in [5.74, 6) is 0.988. The Morgan fingerprint density at radius 2 is 2.12 bits per heavy atom. The Kier molecular flexibility index (Phi) is 3.41. The molecular weight excluding hydrogens is 220 g/mol. The van der Waals surface area contributed by atoms with Gasteiger partial charge in [-0.15, -0.1) is 0 Å². The molecule has 1 unspecified atom stereocenters. The highest BCUT2D eigenvalue weighted by atomic mass is 16.5. The van der Waals surface area contributed by atoms with Gasteiger partial charge in [0.15, 0.2) is 5.75 Å². The van der Waals surface area contributed by atoms with E-state index in [-0.39, 0.29) is 11.9 Å². The fourth-order valence-electron chi connectivity index (χ4n) is 1.31. The molecule has 0 spiro atoms. The Labute approximate surface area is 99.8 Å². The van der Waals surface area contributed by atoms with Crippen molar-refractivity contribution in [1.82, 2.24) is 15.3 Å². The lowest BCUT2D eigenvalue weighted by atomic mass is 10.3. The zero-order valence-corrected chi connectivity index (χ0v) is 9.93. The molecule has 0 saturated heterocycles. The summed E-state index contributed by atoms with van der Waals surface area (Å²) in [7, 11) is 1.55. The number of hydrogen-bond donors (Lipinski definition) is 2. The molecule has 1 saturated carbocycles. The predicted molar refractivity (Wildman–Crippen MR) is 62.8 cm³/mol. The number of methoxy groups -OCH3 is 1. The van der Waals surface area contributed by atoms with Crippen LogP contribution in [0.5, 0.6) is 5.75 Å². The number of rotatable bonds is 5. The minimum atomic E-state index is -0.344. The third kappa shape index (κ3) is 3.30. The van der Waals surface area contributed by atoms with Crippen LogP contribution in [-0.2, 0) is 4.79 Å². The molecule has 17 heavy (non-hydrogen) atoms. The average molecular weight is 236 g/mol. The number of ether oxygens (including phenoxy) is 1. The Bertz CT molecular complexity index is 389. The zero-order chi connectivity index (χ0) is 12.3. The zero-order valence-electron chi connectivity index (χ0n) is 9.93. The first kappa shape index (κ1) is 11.6. The number of amides is 1. The fraction of sp³-hybridized carbons (Fsp3) is 0.545. The molecule has 0 aromatic carbocycles. The maximum absolute atomic E-state index is 11.7. The topological polar surface area (TPSA) is 76.1 Å². The normalized spacial score (nSPS) is 16.1. The average Bonchev–Trinajstić information content (AvgIpc) is 3.14. The first-order chi connectivity index (χ1) is 8.19. The number of nitrogens with zero attached hydrogens (tertiary/aromatic N) is 2. The van der Waals surface area contributed by atoms with Crippen molar-refractivity contribution in [2.24, 2.45) is 0 Å². The summed E-state index contributed by atoms with van der Waals surface area (Å²) in [4.78, 5) is 19.7. The molecule has 0 radical (unpaired) electrons. The van der Waals surface area contributed by atoms with Crippen molar-refractivity contribution in [1.29, 1.82) is 0 Å². The van der Waals surface area contributed by atoms with Crippen molar-refractivity contribution in [2.45, 2.75) is 31.8 Å². The molecule has 6 heteroatoms. The van der Waals surface area contributed by atoms with E-state index < -0.39 is 0 Å². The summed E-state index contributed by atoms with van der Waals surface area (Å²) in [6, 6.07) is 0.0209. The molecule has 1 fully saturated rings. The third-order valence-corrected chi connectivity index (χ3v) is 2.53. The maximum atomic E-state index is 11.7. The van der Waals surface area contributed by atoms with Crippen LogP contribution in [0.1, 0.15) is 19.8 Å². The van der Waals surface area contributed by atoms with Crippen LogP contribution >= 0.6 is 0 Å². The van der Waals surface area contributed by atoms with E-state index in [1.807, 2.05) is 0 Å². The van der Waals surface area contributed by atoms with E-state index >= 15 is 0 Å². The Morgan fingerprint density at radius 3 is 2.65 bits per heavy atom. The molecule has 1 aliphatic carbocycles. The van der Waals surface area contributed by atoms with Crippen molar-refractivity contribution in [2.75, 3.05) is 12.4 Å². The van der Waals surface area contributed by atoms with E-state index in [0.717, 1.165) is 12.8 Å².